The highest BCUT2D eigenvalue weighted by Gasteiger charge is 2.31. The number of benzene rings is 2. The van der Waals surface area contributed by atoms with Gasteiger partial charge in [0.1, 0.15) is 30.2 Å². The molecule has 2 aromatic carbocycles. The second kappa shape index (κ2) is 31.5. The van der Waals surface area contributed by atoms with Gasteiger partial charge < -0.3 is 64.2 Å². The van der Waals surface area contributed by atoms with E-state index in [1.165, 1.54) is 37.4 Å². The van der Waals surface area contributed by atoms with E-state index in [4.69, 9.17) is 17.2 Å². The normalized spacial score (nSPS) is 13.8. The molecule has 14 N–H and O–H groups in total. The molecule has 5 atom stereocenters. The summed E-state index contributed by atoms with van der Waals surface area (Å²) < 4.78 is 0. The number of aromatic nitrogens is 4. The van der Waals surface area contributed by atoms with Gasteiger partial charge in [-0.15, -0.1) is 0 Å². The Kier molecular flexibility index (Phi) is 24.3. The minimum atomic E-state index is -1.40. The Hall–Kier alpha value is -9.14. The monoisotopic (exact) mass is 1120 g/mol. The summed E-state index contributed by atoms with van der Waals surface area (Å²) >= 11 is 0. The van der Waals surface area contributed by atoms with Crippen molar-refractivity contribution < 1.29 is 58.2 Å². The average molecular weight is 1120 g/mol. The third-order valence-corrected chi connectivity index (χ3v) is 13.0. The first-order chi connectivity index (χ1) is 38.7. The van der Waals surface area contributed by atoms with Gasteiger partial charge in [0.25, 0.3) is 17.7 Å². The van der Waals surface area contributed by atoms with Gasteiger partial charge in [0.15, 0.2) is 17.0 Å². The Morgan fingerprint density at radius 2 is 1.28 bits per heavy atom. The van der Waals surface area contributed by atoms with Gasteiger partial charge in [-0.25, -0.2) is 19.6 Å². The summed E-state index contributed by atoms with van der Waals surface area (Å²) in [7, 11) is 1.79. The molecule has 27 nitrogen and oxygen atoms in total. The van der Waals surface area contributed by atoms with Crippen molar-refractivity contribution in [3.05, 3.63) is 89.8 Å². The maximum atomic E-state index is 14.0. The second-order valence-corrected chi connectivity index (χ2v) is 19.4. The molecule has 0 saturated carbocycles. The topological polar surface area (TPSA) is 419 Å². The van der Waals surface area contributed by atoms with E-state index in [1.807, 2.05) is 4.90 Å². The fraction of sp³-hybridized carbons (Fsp3) is 0.444. The number of imide groups is 1. The van der Waals surface area contributed by atoms with Crippen molar-refractivity contribution in [3.63, 3.8) is 0 Å². The third kappa shape index (κ3) is 20.2. The largest absolute Gasteiger partial charge is 0.480 e. The van der Waals surface area contributed by atoms with Crippen LogP contribution in [0.25, 0.3) is 11.2 Å². The molecule has 0 bridgehead atoms. The van der Waals surface area contributed by atoms with Gasteiger partial charge in [0.2, 0.25) is 35.5 Å². The number of anilines is 3. The van der Waals surface area contributed by atoms with E-state index in [2.05, 4.69) is 51.8 Å². The number of nitrogens with two attached hydrogens (primary N) is 3. The number of nitrogen functional groups attached to an aromatic ring is 2. The van der Waals surface area contributed by atoms with E-state index in [1.54, 1.807) is 49.5 Å². The molecule has 27 heteroatoms. The number of nitrogens with zero attached hydrogens (tertiary/aromatic N) is 6. The molecule has 4 aromatic rings. The Labute approximate surface area is 467 Å². The summed E-state index contributed by atoms with van der Waals surface area (Å²) in [4.78, 5) is 147. The molecule has 2 aromatic heterocycles. The number of nitrogens with one attached hydrogen (secondary N) is 6. The van der Waals surface area contributed by atoms with Gasteiger partial charge in [-0.05, 0) is 101 Å². The summed E-state index contributed by atoms with van der Waals surface area (Å²) in [6.07, 6.45) is 6.40. The number of hydrogen-bond acceptors (Lipinski definition) is 18. The zero-order valence-corrected chi connectivity index (χ0v) is 45.2. The molecule has 3 heterocycles. The van der Waals surface area contributed by atoms with Crippen LogP contribution in [0, 0.1) is 0 Å². The molecule has 1 aliphatic rings. The van der Waals surface area contributed by atoms with Crippen LogP contribution >= 0.6 is 0 Å². The number of hydrogen-bond donors (Lipinski definition) is 11. The number of carbonyl (C=O) groups excluding carboxylic acids is 8. The van der Waals surface area contributed by atoms with Crippen LogP contribution in [0.1, 0.15) is 106 Å². The summed E-state index contributed by atoms with van der Waals surface area (Å²) in [5, 5.41) is 35.5. The van der Waals surface area contributed by atoms with Gasteiger partial charge >= 0.3 is 11.9 Å². The van der Waals surface area contributed by atoms with E-state index >= 15 is 0 Å². The summed E-state index contributed by atoms with van der Waals surface area (Å²) in [5.74, 6) is -7.19. The molecule has 81 heavy (non-hydrogen) atoms. The zero-order valence-electron chi connectivity index (χ0n) is 45.2. The molecule has 0 fully saturated rings. The quantitative estimate of drug-likeness (QED) is 0.0222. The van der Waals surface area contributed by atoms with Crippen LogP contribution in [0.15, 0.2) is 72.9 Å². The lowest BCUT2D eigenvalue weighted by Gasteiger charge is -2.25. The van der Waals surface area contributed by atoms with Crippen LogP contribution in [0.4, 0.5) is 17.5 Å². The van der Waals surface area contributed by atoms with Crippen LogP contribution in [0.2, 0.25) is 0 Å². The van der Waals surface area contributed by atoms with Crippen molar-refractivity contribution in [1.29, 1.82) is 0 Å². The van der Waals surface area contributed by atoms with Crippen LogP contribution < -0.4 is 54.0 Å². The van der Waals surface area contributed by atoms with E-state index in [0.717, 1.165) is 4.90 Å². The Balaban J connectivity index is 1.06. The number of aliphatic carboxylic acids is 2. The van der Waals surface area contributed by atoms with Gasteiger partial charge in [-0.2, -0.15) is 9.97 Å². The Morgan fingerprint density at radius 1 is 0.654 bits per heavy atom. The minimum Gasteiger partial charge on any atom is -0.480 e. The van der Waals surface area contributed by atoms with Crippen molar-refractivity contribution in [2.24, 2.45) is 5.73 Å². The van der Waals surface area contributed by atoms with Crippen molar-refractivity contribution >= 4 is 87.8 Å². The van der Waals surface area contributed by atoms with Gasteiger partial charge in [0.05, 0.1) is 18.4 Å². The van der Waals surface area contributed by atoms with Crippen molar-refractivity contribution in [2.75, 3.05) is 43.0 Å². The molecule has 1 aliphatic heterocycles. The second-order valence-electron chi connectivity index (χ2n) is 19.4. The SMILES string of the molecule is C[C@@H](NC(=O)CCCCCN1C(=O)C=CC1=O)C(=O)N[C@@H](Cc1ccccc1)C(=O)N[C@@H](CCCCN)C(=O)NC(CCCCNC(=O)CCC(NC(=O)c1ccc(N(C)Cc2cnc3nc(N)nc(N)c3n2)cc1)C(=O)O)C(=O)O. The highest BCUT2D eigenvalue weighted by Crippen LogP contribution is 2.20. The predicted octanol–water partition coefficient (Wildman–Crippen LogP) is 0.371. The number of carbonyl (C=O) groups is 10. The van der Waals surface area contributed by atoms with Crippen molar-refractivity contribution in [2.45, 2.75) is 127 Å². The zero-order chi connectivity index (χ0) is 59.0. The highest BCUT2D eigenvalue weighted by molar-refractivity contribution is 6.12. The molecule has 8 amide bonds. The standard InChI is InChI=1S/C54H71N15O12/c1-32(60-42(71)17-7-4-12-28-69-43(72)24-25-44(69)73)48(74)65-40(29-33-13-5-3-6-14-33)51(77)62-37(15-8-10-26-55)50(76)64-38(52(78)79)16-9-11-27-58-41(70)23-22-39(53(80)81)63-49(75)34-18-20-36(21-19-34)68(2)31-35-30-59-47-45(61-35)46(56)66-54(57)67-47/h3,5-6,13-14,18-21,24-25,30,32,37-40H,4,7-12,15-17,22-23,26-29,31,55H2,1-2H3,(H,58,70)(H,60,71)(H,62,77)(H,63,75)(H,64,76)(H,65,74)(H,78,79)(H,80,81)(H4,56,57,59,66,67)/t32-,37+,38?,39?,40+/m1/s1. The van der Waals surface area contributed by atoms with E-state index < -0.39 is 77.6 Å². The summed E-state index contributed by atoms with van der Waals surface area (Å²) in [6.45, 7) is 2.36. The molecule has 0 spiro atoms. The number of carboxylic acids is 2. The molecular formula is C54H71N15O12. The maximum absolute atomic E-state index is 14.0. The smallest absolute Gasteiger partial charge is 0.326 e. The van der Waals surface area contributed by atoms with Crippen molar-refractivity contribution in [1.82, 2.24) is 56.7 Å². The molecule has 2 unspecified atom stereocenters. The molecule has 434 valence electrons. The molecule has 0 aliphatic carbocycles. The van der Waals surface area contributed by atoms with E-state index in [0.29, 0.717) is 61.1 Å². The number of rotatable bonds is 34. The number of carboxylic acid groups (broad SMARTS) is 2. The number of fused-ring (bicyclic) bond motifs is 1. The van der Waals surface area contributed by atoms with Crippen LogP contribution in [0.5, 0.6) is 0 Å². The van der Waals surface area contributed by atoms with Crippen molar-refractivity contribution in [3.8, 4) is 0 Å². The lowest BCUT2D eigenvalue weighted by atomic mass is 10.0. The highest BCUT2D eigenvalue weighted by atomic mass is 16.4. The van der Waals surface area contributed by atoms with E-state index in [9.17, 15) is 58.2 Å². The number of amides is 8. The fourth-order valence-corrected chi connectivity index (χ4v) is 8.51. The van der Waals surface area contributed by atoms with Gasteiger partial charge in [-0.3, -0.25) is 43.3 Å². The molecule has 5 rings (SSSR count). The first-order valence-electron chi connectivity index (χ1n) is 26.6. The van der Waals surface area contributed by atoms with Crippen LogP contribution in [-0.4, -0.2) is 151 Å². The first kappa shape index (κ1) is 62.7. The minimum absolute atomic E-state index is 0.00557. The molecular weight excluding hydrogens is 1050 g/mol. The van der Waals surface area contributed by atoms with Crippen LogP contribution in [-0.2, 0) is 56.1 Å². The van der Waals surface area contributed by atoms with E-state index in [-0.39, 0.29) is 106 Å². The lowest BCUT2D eigenvalue weighted by Crippen LogP contribution is -2.58. The lowest BCUT2D eigenvalue weighted by molar-refractivity contribution is -0.142. The third-order valence-electron chi connectivity index (χ3n) is 13.0. The summed E-state index contributed by atoms with van der Waals surface area (Å²) in [6, 6.07) is 8.84. The maximum Gasteiger partial charge on any atom is 0.326 e. The molecule has 0 saturated heterocycles. The molecule has 0 radical (unpaired) electrons. The predicted molar refractivity (Wildman–Crippen MR) is 296 cm³/mol. The Bertz CT molecular complexity index is 2890. The average Bonchev–Trinajstić information content (AvgIpc) is 3.79. The summed E-state index contributed by atoms with van der Waals surface area (Å²) in [5.41, 5.74) is 20.0. The van der Waals surface area contributed by atoms with Gasteiger partial charge in [0, 0.05) is 62.8 Å². The van der Waals surface area contributed by atoms with Gasteiger partial charge in [-0.1, -0.05) is 36.8 Å². The van der Waals surface area contributed by atoms with Crippen LogP contribution in [0.3, 0.4) is 0 Å². The fourth-order valence-electron chi connectivity index (χ4n) is 8.51. The number of unbranched alkanes of at least 4 members (excludes halogenated alkanes) is 4. The first-order valence-corrected chi connectivity index (χ1v) is 26.6. The Morgan fingerprint density at radius 3 is 1.96 bits per heavy atom.